The van der Waals surface area contributed by atoms with Gasteiger partial charge >= 0.3 is 0 Å². The lowest BCUT2D eigenvalue weighted by Gasteiger charge is -2.29. The molecule has 1 atom stereocenters. The zero-order chi connectivity index (χ0) is 10.5. The van der Waals surface area contributed by atoms with Gasteiger partial charge in [-0.3, -0.25) is 15.6 Å². The number of anilines is 1. The van der Waals surface area contributed by atoms with E-state index in [0.29, 0.717) is 0 Å². The number of hydrogen-bond acceptors (Lipinski definition) is 5. The van der Waals surface area contributed by atoms with Gasteiger partial charge in [0.1, 0.15) is 11.3 Å². The molecule has 0 bridgehead atoms. The highest BCUT2D eigenvalue weighted by molar-refractivity contribution is 7.23. The molecule has 2 aromatic rings. The fourth-order valence-corrected chi connectivity index (χ4v) is 3.49. The van der Waals surface area contributed by atoms with Crippen LogP contribution in [0.1, 0.15) is 5.56 Å². The highest BCUT2D eigenvalue weighted by Crippen LogP contribution is 2.40. The maximum Gasteiger partial charge on any atom is 0.176 e. The Kier molecular flexibility index (Phi) is 1.58. The Hall–Kier alpha value is -1.59. The van der Waals surface area contributed by atoms with Gasteiger partial charge in [0.05, 0.1) is 0 Å². The molecule has 1 unspecified atom stereocenters. The van der Waals surface area contributed by atoms with Gasteiger partial charge in [0.25, 0.3) is 0 Å². The van der Waals surface area contributed by atoms with Crippen LogP contribution in [-0.2, 0) is 6.54 Å². The van der Waals surface area contributed by atoms with Gasteiger partial charge in [0, 0.05) is 16.8 Å². The number of thiophene rings is 1. The van der Waals surface area contributed by atoms with Gasteiger partial charge < -0.3 is 0 Å². The second kappa shape index (κ2) is 2.96. The van der Waals surface area contributed by atoms with Crippen LogP contribution < -0.4 is 15.6 Å². The fraction of sp³-hybridized carbons (Fsp3) is 0.182. The molecule has 2 aliphatic heterocycles. The van der Waals surface area contributed by atoms with Crippen molar-refractivity contribution >= 4 is 32.8 Å². The summed E-state index contributed by atoms with van der Waals surface area (Å²) in [5.41, 5.74) is 4.42. The lowest BCUT2D eigenvalue weighted by Crippen LogP contribution is -2.51. The molecule has 0 aliphatic carbocycles. The summed E-state index contributed by atoms with van der Waals surface area (Å²) < 4.78 is 1.34. The fourth-order valence-electron chi connectivity index (χ4n) is 2.27. The third-order valence-corrected chi connectivity index (χ3v) is 4.27. The molecule has 3 heterocycles. The van der Waals surface area contributed by atoms with Crippen LogP contribution in [0.25, 0.3) is 10.1 Å². The summed E-state index contributed by atoms with van der Waals surface area (Å²) in [6.07, 6.45) is 1.98. The lowest BCUT2D eigenvalue weighted by atomic mass is 10.1. The summed E-state index contributed by atoms with van der Waals surface area (Å²) in [5.74, 6) is 0. The standard InChI is InChI=1S/C11H10N4S/c1-2-4-9-7(3-1)8-5-12-11-14-13-6-15(11)10(8)16-9/h1-4,6,11-12,14H,5H2. The number of fused-ring (bicyclic) bond motifs is 5. The van der Waals surface area contributed by atoms with Gasteiger partial charge in [-0.2, -0.15) is 5.10 Å². The van der Waals surface area contributed by atoms with Crippen LogP contribution >= 0.6 is 11.3 Å². The van der Waals surface area contributed by atoms with Crippen molar-refractivity contribution in [2.75, 3.05) is 4.90 Å². The van der Waals surface area contributed by atoms with Crippen LogP contribution in [0.5, 0.6) is 0 Å². The molecule has 0 amide bonds. The highest BCUT2D eigenvalue weighted by atomic mass is 32.1. The number of nitrogens with one attached hydrogen (secondary N) is 2. The van der Waals surface area contributed by atoms with Crippen molar-refractivity contribution in [3.63, 3.8) is 0 Å². The number of hydrogen-bond donors (Lipinski definition) is 2. The van der Waals surface area contributed by atoms with E-state index < -0.39 is 0 Å². The molecule has 0 fully saturated rings. The van der Waals surface area contributed by atoms with E-state index in [0.717, 1.165) is 6.54 Å². The van der Waals surface area contributed by atoms with Gasteiger partial charge in [-0.25, -0.2) is 0 Å². The maximum atomic E-state index is 4.09. The zero-order valence-corrected chi connectivity index (χ0v) is 9.29. The first-order valence-corrected chi connectivity index (χ1v) is 6.06. The van der Waals surface area contributed by atoms with Gasteiger partial charge in [-0.15, -0.1) is 11.3 Å². The van der Waals surface area contributed by atoms with Crippen molar-refractivity contribution in [2.45, 2.75) is 12.8 Å². The molecule has 0 saturated carbocycles. The largest absolute Gasteiger partial charge is 0.286 e. The van der Waals surface area contributed by atoms with E-state index >= 15 is 0 Å². The number of hydrazone groups is 1. The van der Waals surface area contributed by atoms with Gasteiger partial charge in [0.15, 0.2) is 6.29 Å². The van der Waals surface area contributed by atoms with Crippen LogP contribution in [0.3, 0.4) is 0 Å². The van der Waals surface area contributed by atoms with Gasteiger partial charge in [-0.05, 0) is 11.5 Å². The lowest BCUT2D eigenvalue weighted by molar-refractivity contribution is 0.458. The average molecular weight is 230 g/mol. The van der Waals surface area contributed by atoms with Crippen molar-refractivity contribution in [1.82, 2.24) is 10.7 Å². The van der Waals surface area contributed by atoms with Crippen LogP contribution in [0.2, 0.25) is 0 Å². The van der Waals surface area contributed by atoms with Crippen molar-refractivity contribution < 1.29 is 0 Å². The Labute approximate surface area is 96.6 Å². The van der Waals surface area contributed by atoms with Crippen molar-refractivity contribution in [2.24, 2.45) is 5.10 Å². The first kappa shape index (κ1) is 8.55. The minimum absolute atomic E-state index is 0.126. The molecule has 0 saturated heterocycles. The second-order valence-electron chi connectivity index (χ2n) is 3.95. The summed E-state index contributed by atoms with van der Waals surface area (Å²) in [4.78, 5) is 2.16. The van der Waals surface area contributed by atoms with E-state index in [1.165, 1.54) is 20.7 Å². The smallest absolute Gasteiger partial charge is 0.176 e. The number of rotatable bonds is 0. The predicted molar refractivity (Wildman–Crippen MR) is 66.6 cm³/mol. The van der Waals surface area contributed by atoms with Crippen LogP contribution in [0.15, 0.2) is 29.4 Å². The van der Waals surface area contributed by atoms with Crippen molar-refractivity contribution in [3.8, 4) is 0 Å². The van der Waals surface area contributed by atoms with E-state index in [9.17, 15) is 0 Å². The molecule has 4 nitrogen and oxygen atoms in total. The molecule has 1 aromatic carbocycles. The van der Waals surface area contributed by atoms with Crippen molar-refractivity contribution in [1.29, 1.82) is 0 Å². The zero-order valence-electron chi connectivity index (χ0n) is 8.47. The van der Waals surface area contributed by atoms with Crippen LogP contribution in [0.4, 0.5) is 5.00 Å². The topological polar surface area (TPSA) is 39.7 Å². The number of nitrogens with zero attached hydrogens (tertiary/aromatic N) is 2. The molecule has 0 spiro atoms. The van der Waals surface area contributed by atoms with Crippen LogP contribution in [0, 0.1) is 0 Å². The van der Waals surface area contributed by atoms with Gasteiger partial charge in [-0.1, -0.05) is 18.2 Å². The SMILES string of the molecule is C1=NNC2NCc3c(sc4ccccc34)N12. The summed E-state index contributed by atoms with van der Waals surface area (Å²) >= 11 is 1.83. The summed E-state index contributed by atoms with van der Waals surface area (Å²) in [7, 11) is 0. The van der Waals surface area contributed by atoms with E-state index in [1.54, 1.807) is 0 Å². The normalized spacial score (nSPS) is 22.0. The average Bonchev–Trinajstić information content (AvgIpc) is 2.92. The molecule has 1 aromatic heterocycles. The number of benzene rings is 1. The maximum absolute atomic E-state index is 4.09. The monoisotopic (exact) mass is 230 g/mol. The Balaban J connectivity index is 2.00. The molecule has 80 valence electrons. The molecule has 2 N–H and O–H groups in total. The summed E-state index contributed by atoms with van der Waals surface area (Å²) in [5, 5.41) is 10.2. The van der Waals surface area contributed by atoms with E-state index in [2.05, 4.69) is 45.0 Å². The summed E-state index contributed by atoms with van der Waals surface area (Å²) in [6, 6.07) is 8.55. The minimum atomic E-state index is 0.126. The van der Waals surface area contributed by atoms with E-state index in [1.807, 2.05) is 17.7 Å². The van der Waals surface area contributed by atoms with Crippen LogP contribution in [-0.4, -0.2) is 12.6 Å². The Morgan fingerprint density at radius 3 is 3.31 bits per heavy atom. The molecule has 16 heavy (non-hydrogen) atoms. The molecular formula is C11H10N4S. The first-order valence-electron chi connectivity index (χ1n) is 5.24. The Morgan fingerprint density at radius 1 is 1.38 bits per heavy atom. The summed E-state index contributed by atoms with van der Waals surface area (Å²) in [6.45, 7) is 0.900. The first-order chi connectivity index (χ1) is 7.93. The van der Waals surface area contributed by atoms with Gasteiger partial charge in [0.2, 0.25) is 0 Å². The molecular weight excluding hydrogens is 220 g/mol. The second-order valence-corrected chi connectivity index (χ2v) is 4.98. The third kappa shape index (κ3) is 0.989. The Bertz CT molecular complexity index is 589. The quantitative estimate of drug-likeness (QED) is 0.722. The van der Waals surface area contributed by atoms with Crippen molar-refractivity contribution in [3.05, 3.63) is 29.8 Å². The highest BCUT2D eigenvalue weighted by Gasteiger charge is 2.30. The molecule has 0 radical (unpaired) electrons. The molecule has 4 rings (SSSR count). The third-order valence-electron chi connectivity index (χ3n) is 3.04. The predicted octanol–water partition coefficient (Wildman–Crippen LogP) is 1.64. The molecule has 5 heteroatoms. The Morgan fingerprint density at radius 2 is 2.31 bits per heavy atom. The molecule has 2 aliphatic rings. The van der Waals surface area contributed by atoms with E-state index in [4.69, 9.17) is 0 Å². The minimum Gasteiger partial charge on any atom is -0.286 e. The van der Waals surface area contributed by atoms with E-state index in [-0.39, 0.29) is 6.29 Å².